The van der Waals surface area contributed by atoms with Gasteiger partial charge in [-0.1, -0.05) is 19.8 Å². The fourth-order valence-electron chi connectivity index (χ4n) is 2.16. The molecule has 0 saturated heterocycles. The summed E-state index contributed by atoms with van der Waals surface area (Å²) >= 11 is 0. The van der Waals surface area contributed by atoms with E-state index in [4.69, 9.17) is 4.74 Å². The van der Waals surface area contributed by atoms with E-state index in [2.05, 4.69) is 11.6 Å². The molecule has 1 aromatic rings. The van der Waals surface area contributed by atoms with Gasteiger partial charge in [0.1, 0.15) is 12.4 Å². The standard InChI is InChI=1S/C14H22N2O3S/c1-3-4-5-8-15-20(17,18)12-6-7-14-13(11-12)16(2)9-10-19-14/h6-7,11,15H,3-5,8-10H2,1-2H3. The van der Waals surface area contributed by atoms with Crippen LogP contribution in [0.15, 0.2) is 23.1 Å². The first kappa shape index (κ1) is 15.1. The van der Waals surface area contributed by atoms with Crippen LogP contribution in [-0.2, 0) is 10.0 Å². The van der Waals surface area contributed by atoms with Crippen molar-refractivity contribution < 1.29 is 13.2 Å². The van der Waals surface area contributed by atoms with Crippen molar-refractivity contribution in [1.82, 2.24) is 4.72 Å². The molecule has 0 radical (unpaired) electrons. The Balaban J connectivity index is 2.14. The van der Waals surface area contributed by atoms with Crippen LogP contribution in [0.5, 0.6) is 5.75 Å². The van der Waals surface area contributed by atoms with Gasteiger partial charge in [-0.25, -0.2) is 13.1 Å². The molecule has 1 aliphatic rings. The zero-order valence-corrected chi connectivity index (χ0v) is 12.9. The van der Waals surface area contributed by atoms with E-state index in [9.17, 15) is 8.42 Å². The molecule has 1 N–H and O–H groups in total. The second kappa shape index (κ2) is 6.45. The lowest BCUT2D eigenvalue weighted by Crippen LogP contribution is -2.30. The third-order valence-corrected chi connectivity index (χ3v) is 4.87. The smallest absolute Gasteiger partial charge is 0.240 e. The Hall–Kier alpha value is -1.27. The molecule has 0 aromatic heterocycles. The first-order valence-electron chi connectivity index (χ1n) is 7.02. The van der Waals surface area contributed by atoms with Crippen LogP contribution in [0, 0.1) is 0 Å². The molecule has 0 fully saturated rings. The Morgan fingerprint density at radius 1 is 1.35 bits per heavy atom. The van der Waals surface area contributed by atoms with Crippen LogP contribution in [0.3, 0.4) is 0 Å². The van der Waals surface area contributed by atoms with Gasteiger partial charge in [-0.05, 0) is 24.6 Å². The molecule has 0 unspecified atom stereocenters. The zero-order chi connectivity index (χ0) is 14.6. The van der Waals surface area contributed by atoms with Crippen molar-refractivity contribution in [2.45, 2.75) is 31.1 Å². The first-order chi connectivity index (χ1) is 9.54. The van der Waals surface area contributed by atoms with Crippen LogP contribution in [0.25, 0.3) is 0 Å². The van der Waals surface area contributed by atoms with Gasteiger partial charge in [0.15, 0.2) is 0 Å². The molecule has 2 rings (SSSR count). The number of hydrogen-bond donors (Lipinski definition) is 1. The van der Waals surface area contributed by atoms with E-state index in [1.807, 2.05) is 11.9 Å². The average Bonchev–Trinajstić information content (AvgIpc) is 2.44. The Kier molecular flexibility index (Phi) is 4.88. The molecule has 1 heterocycles. The summed E-state index contributed by atoms with van der Waals surface area (Å²) in [6.45, 7) is 3.97. The highest BCUT2D eigenvalue weighted by Gasteiger charge is 2.20. The van der Waals surface area contributed by atoms with Crippen molar-refractivity contribution in [3.05, 3.63) is 18.2 Å². The van der Waals surface area contributed by atoms with Gasteiger partial charge in [-0.15, -0.1) is 0 Å². The van der Waals surface area contributed by atoms with Gasteiger partial charge in [-0.2, -0.15) is 0 Å². The van der Waals surface area contributed by atoms with Crippen LogP contribution >= 0.6 is 0 Å². The van der Waals surface area contributed by atoms with Gasteiger partial charge in [0.2, 0.25) is 10.0 Å². The van der Waals surface area contributed by atoms with Crippen LogP contribution < -0.4 is 14.4 Å². The summed E-state index contributed by atoms with van der Waals surface area (Å²) in [7, 11) is -1.49. The van der Waals surface area contributed by atoms with Gasteiger partial charge in [0.25, 0.3) is 0 Å². The number of nitrogens with zero attached hydrogens (tertiary/aromatic N) is 1. The predicted octanol–water partition coefficient (Wildman–Crippen LogP) is 1.98. The van der Waals surface area contributed by atoms with E-state index in [0.29, 0.717) is 18.0 Å². The predicted molar refractivity (Wildman–Crippen MR) is 79.9 cm³/mol. The largest absolute Gasteiger partial charge is 0.490 e. The third-order valence-electron chi connectivity index (χ3n) is 3.41. The van der Waals surface area contributed by atoms with E-state index < -0.39 is 10.0 Å². The van der Waals surface area contributed by atoms with E-state index in [1.165, 1.54) is 0 Å². The number of rotatable bonds is 6. The minimum Gasteiger partial charge on any atom is -0.490 e. The molecular formula is C14H22N2O3S. The van der Waals surface area contributed by atoms with Crippen molar-refractivity contribution in [2.75, 3.05) is 31.6 Å². The molecule has 20 heavy (non-hydrogen) atoms. The molecule has 1 aromatic carbocycles. The number of anilines is 1. The Morgan fingerprint density at radius 2 is 2.15 bits per heavy atom. The van der Waals surface area contributed by atoms with Crippen molar-refractivity contribution in [3.63, 3.8) is 0 Å². The maximum absolute atomic E-state index is 12.2. The van der Waals surface area contributed by atoms with Crippen LogP contribution in [0.4, 0.5) is 5.69 Å². The minimum atomic E-state index is -3.43. The number of fused-ring (bicyclic) bond motifs is 1. The van der Waals surface area contributed by atoms with E-state index in [1.54, 1.807) is 18.2 Å². The average molecular weight is 298 g/mol. The molecule has 5 nitrogen and oxygen atoms in total. The topological polar surface area (TPSA) is 58.6 Å². The number of sulfonamides is 1. The summed E-state index contributed by atoms with van der Waals surface area (Å²) in [6.07, 6.45) is 2.97. The Labute approximate surface area is 121 Å². The maximum atomic E-state index is 12.2. The molecule has 0 atom stereocenters. The molecule has 0 saturated carbocycles. The van der Waals surface area contributed by atoms with Gasteiger partial charge < -0.3 is 9.64 Å². The van der Waals surface area contributed by atoms with E-state index >= 15 is 0 Å². The second-order valence-corrected chi connectivity index (χ2v) is 6.77. The number of ether oxygens (including phenoxy) is 1. The number of nitrogens with one attached hydrogen (secondary N) is 1. The summed E-state index contributed by atoms with van der Waals surface area (Å²) in [6, 6.07) is 5.00. The highest BCUT2D eigenvalue weighted by molar-refractivity contribution is 7.89. The van der Waals surface area contributed by atoms with Crippen LogP contribution in [0.2, 0.25) is 0 Å². The van der Waals surface area contributed by atoms with Crippen molar-refractivity contribution >= 4 is 15.7 Å². The lowest BCUT2D eigenvalue weighted by Gasteiger charge is -2.28. The maximum Gasteiger partial charge on any atom is 0.240 e. The van der Waals surface area contributed by atoms with Gasteiger partial charge >= 0.3 is 0 Å². The molecule has 6 heteroatoms. The SMILES string of the molecule is CCCCCNS(=O)(=O)c1ccc2c(c1)N(C)CCO2. The molecule has 112 valence electrons. The highest BCUT2D eigenvalue weighted by Crippen LogP contribution is 2.32. The monoisotopic (exact) mass is 298 g/mol. The summed E-state index contributed by atoms with van der Waals surface area (Å²) in [4.78, 5) is 2.31. The summed E-state index contributed by atoms with van der Waals surface area (Å²) in [5, 5.41) is 0. The minimum absolute atomic E-state index is 0.296. The summed E-state index contributed by atoms with van der Waals surface area (Å²) < 4.78 is 32.6. The normalized spacial score (nSPS) is 14.8. The Morgan fingerprint density at radius 3 is 2.90 bits per heavy atom. The Bertz CT molecular complexity index is 558. The highest BCUT2D eigenvalue weighted by atomic mass is 32.2. The van der Waals surface area contributed by atoms with Crippen LogP contribution in [0.1, 0.15) is 26.2 Å². The molecular weight excluding hydrogens is 276 g/mol. The summed E-state index contributed by atoms with van der Waals surface area (Å²) in [5.41, 5.74) is 0.827. The molecule has 0 spiro atoms. The zero-order valence-electron chi connectivity index (χ0n) is 12.1. The lowest BCUT2D eigenvalue weighted by atomic mass is 10.2. The van der Waals surface area contributed by atoms with Gasteiger partial charge in [0, 0.05) is 13.6 Å². The lowest BCUT2D eigenvalue weighted by molar-refractivity contribution is 0.311. The van der Waals surface area contributed by atoms with Crippen LogP contribution in [-0.4, -0.2) is 35.2 Å². The second-order valence-electron chi connectivity index (χ2n) is 5.00. The number of hydrogen-bond acceptors (Lipinski definition) is 4. The summed E-state index contributed by atoms with van der Waals surface area (Å²) in [5.74, 6) is 0.740. The fourth-order valence-corrected chi connectivity index (χ4v) is 3.26. The van der Waals surface area contributed by atoms with Gasteiger partial charge in [0.05, 0.1) is 17.1 Å². The molecule has 1 aliphatic heterocycles. The molecule has 0 amide bonds. The molecule has 0 aliphatic carbocycles. The van der Waals surface area contributed by atoms with E-state index in [0.717, 1.165) is 37.2 Å². The number of benzene rings is 1. The van der Waals surface area contributed by atoms with Crippen molar-refractivity contribution in [1.29, 1.82) is 0 Å². The number of likely N-dealkylation sites (N-methyl/N-ethyl adjacent to an activating group) is 1. The van der Waals surface area contributed by atoms with Crippen molar-refractivity contribution in [3.8, 4) is 5.75 Å². The molecule has 0 bridgehead atoms. The fraction of sp³-hybridized carbons (Fsp3) is 0.571. The number of unbranched alkanes of at least 4 members (excludes halogenated alkanes) is 2. The first-order valence-corrected chi connectivity index (χ1v) is 8.50. The van der Waals surface area contributed by atoms with Gasteiger partial charge in [-0.3, -0.25) is 0 Å². The van der Waals surface area contributed by atoms with E-state index in [-0.39, 0.29) is 0 Å². The van der Waals surface area contributed by atoms with Crippen molar-refractivity contribution in [2.24, 2.45) is 0 Å². The third kappa shape index (κ3) is 3.43. The quantitative estimate of drug-likeness (QED) is 0.816.